The Labute approximate surface area is 348 Å². The maximum Gasteiger partial charge on any atom is 0.276 e. The fourth-order valence-electron chi connectivity index (χ4n) is 7.47. The summed E-state index contributed by atoms with van der Waals surface area (Å²) in [6.45, 7) is 9.09. The monoisotopic (exact) mass is 836 g/mol. The first-order valence-electron chi connectivity index (χ1n) is 19.9. The van der Waals surface area contributed by atoms with E-state index in [9.17, 15) is 24.0 Å². The zero-order chi connectivity index (χ0) is 43.5. The SMILES string of the molecule is CCn1nc(C)cc1C(=O)Nc1nc2cc(C(N)=O)cc(OCCCNC(=O)CN)c2n1CCC[C@H]1COc2cc(C(N)=O)cc3nc(NC(=O)c4cc(C)nn4CC)n1c23. The molecule has 9 N–H and O–H groups in total. The average molecular weight is 837 g/mol. The minimum atomic E-state index is -0.700. The van der Waals surface area contributed by atoms with Crippen molar-refractivity contribution in [3.63, 3.8) is 0 Å². The van der Waals surface area contributed by atoms with Gasteiger partial charge in [0.15, 0.2) is 0 Å². The maximum atomic E-state index is 13.8. The molecule has 0 saturated heterocycles. The molecule has 21 nitrogen and oxygen atoms in total. The fraction of sp³-hybridized carbons (Fsp3) is 0.375. The molecule has 320 valence electrons. The Hall–Kier alpha value is -7.29. The summed E-state index contributed by atoms with van der Waals surface area (Å²) >= 11 is 0. The number of aryl methyl sites for hydroxylation is 5. The van der Waals surface area contributed by atoms with Gasteiger partial charge in [0.2, 0.25) is 29.6 Å². The Morgan fingerprint density at radius 1 is 0.803 bits per heavy atom. The third kappa shape index (κ3) is 8.58. The van der Waals surface area contributed by atoms with Crippen molar-refractivity contribution < 1.29 is 33.4 Å². The summed E-state index contributed by atoms with van der Waals surface area (Å²) in [7, 11) is 0. The summed E-state index contributed by atoms with van der Waals surface area (Å²) in [6, 6.07) is 9.20. The van der Waals surface area contributed by atoms with Crippen molar-refractivity contribution in [2.45, 2.75) is 72.6 Å². The van der Waals surface area contributed by atoms with Crippen LogP contribution in [-0.4, -0.2) is 94.5 Å². The van der Waals surface area contributed by atoms with Crippen LogP contribution in [0.4, 0.5) is 11.9 Å². The summed E-state index contributed by atoms with van der Waals surface area (Å²) in [5, 5.41) is 17.4. The first-order chi connectivity index (χ1) is 29.3. The fourth-order valence-corrected chi connectivity index (χ4v) is 7.47. The van der Waals surface area contributed by atoms with E-state index < -0.39 is 23.6 Å². The Balaban J connectivity index is 1.23. The number of nitrogens with two attached hydrogens (primary N) is 3. The number of anilines is 2. The summed E-state index contributed by atoms with van der Waals surface area (Å²) in [4.78, 5) is 73.4. The Bertz CT molecular complexity index is 2690. The number of imidazole rings is 2. The third-order valence-electron chi connectivity index (χ3n) is 10.2. The number of ether oxygens (including phenoxy) is 2. The largest absolute Gasteiger partial charge is 0.491 e. The molecule has 0 spiro atoms. The standard InChI is InChI=1S/C40H48N14O7/c1-5-52-28(13-21(3)49-52)37(58)47-39-45-26-15-23(35(42)56)17-30(60-12-8-10-44-32(55)19-41)33(26)51(39)11-7-9-25-20-61-31-18-24(36(43)57)16-27-34(31)54(25)40(46-27)48-38(59)29-14-22(4)50-53(29)6-2/h13-18,25H,5-12,19-20,41H2,1-4H3,(H2,42,56)(H2,43,57)(H,44,55)(H,45,47,58)(H,46,48,59)/t25-/m0/s1. The number of amides is 5. The number of fused-ring (bicyclic) bond motifs is 1. The minimum absolute atomic E-state index is 0.142. The lowest BCUT2D eigenvalue weighted by Crippen LogP contribution is -2.31. The van der Waals surface area contributed by atoms with Crippen LogP contribution in [0.3, 0.4) is 0 Å². The van der Waals surface area contributed by atoms with Crippen LogP contribution in [0.5, 0.6) is 11.5 Å². The van der Waals surface area contributed by atoms with Crippen molar-refractivity contribution in [3.05, 3.63) is 70.3 Å². The molecule has 4 aromatic heterocycles. The van der Waals surface area contributed by atoms with Gasteiger partial charge in [0.05, 0.1) is 41.6 Å². The second-order valence-electron chi connectivity index (χ2n) is 14.6. The van der Waals surface area contributed by atoms with E-state index in [-0.39, 0.29) is 61.3 Å². The maximum absolute atomic E-state index is 13.8. The first kappa shape index (κ1) is 41.9. The highest BCUT2D eigenvalue weighted by molar-refractivity contribution is 6.05. The lowest BCUT2D eigenvalue weighted by Gasteiger charge is -2.27. The van der Waals surface area contributed by atoms with E-state index in [0.717, 1.165) is 0 Å². The average Bonchev–Trinajstić information content (AvgIpc) is 4.01. The van der Waals surface area contributed by atoms with Gasteiger partial charge in [0, 0.05) is 37.3 Å². The summed E-state index contributed by atoms with van der Waals surface area (Å²) in [5.41, 5.74) is 21.0. The molecular formula is C40H48N14O7. The predicted octanol–water partition coefficient (Wildman–Crippen LogP) is 2.40. The van der Waals surface area contributed by atoms with Crippen LogP contribution < -0.4 is 42.6 Å². The molecule has 2 aromatic carbocycles. The second kappa shape index (κ2) is 17.5. The molecule has 0 unspecified atom stereocenters. The molecule has 0 saturated carbocycles. The lowest BCUT2D eigenvalue weighted by atomic mass is 10.1. The predicted molar refractivity (Wildman–Crippen MR) is 224 cm³/mol. The van der Waals surface area contributed by atoms with Gasteiger partial charge in [-0.2, -0.15) is 10.2 Å². The second-order valence-corrected chi connectivity index (χ2v) is 14.6. The Kier molecular flexibility index (Phi) is 12.0. The van der Waals surface area contributed by atoms with Crippen LogP contribution in [-0.2, 0) is 24.4 Å². The molecule has 0 aliphatic carbocycles. The first-order valence-corrected chi connectivity index (χ1v) is 19.9. The molecule has 7 rings (SSSR count). The van der Waals surface area contributed by atoms with Gasteiger partial charge in [-0.1, -0.05) is 0 Å². The summed E-state index contributed by atoms with van der Waals surface area (Å²) < 4.78 is 19.3. The molecular weight excluding hydrogens is 789 g/mol. The quantitative estimate of drug-likeness (QED) is 0.0681. The molecule has 1 atom stereocenters. The molecule has 0 bridgehead atoms. The Morgan fingerprint density at radius 3 is 2.00 bits per heavy atom. The highest BCUT2D eigenvalue weighted by Crippen LogP contribution is 2.39. The molecule has 0 radical (unpaired) electrons. The zero-order valence-electron chi connectivity index (χ0n) is 34.3. The van der Waals surface area contributed by atoms with Gasteiger partial charge < -0.3 is 41.1 Å². The van der Waals surface area contributed by atoms with Crippen LogP contribution in [0, 0.1) is 13.8 Å². The third-order valence-corrected chi connectivity index (χ3v) is 10.2. The molecule has 1 aliphatic rings. The van der Waals surface area contributed by atoms with E-state index in [4.69, 9.17) is 36.6 Å². The molecule has 61 heavy (non-hydrogen) atoms. The van der Waals surface area contributed by atoms with Crippen LogP contribution in [0.1, 0.15) is 92.2 Å². The van der Waals surface area contributed by atoms with Gasteiger partial charge in [0.25, 0.3) is 11.8 Å². The topological polar surface area (TPSA) is 289 Å². The van der Waals surface area contributed by atoms with E-state index in [1.54, 1.807) is 52.0 Å². The van der Waals surface area contributed by atoms with Crippen molar-refractivity contribution in [1.82, 2.24) is 44.0 Å². The molecule has 5 heterocycles. The Morgan fingerprint density at radius 2 is 1.39 bits per heavy atom. The number of primary amides is 2. The van der Waals surface area contributed by atoms with Crippen LogP contribution >= 0.6 is 0 Å². The van der Waals surface area contributed by atoms with E-state index in [1.807, 2.05) is 18.4 Å². The van der Waals surface area contributed by atoms with Crippen molar-refractivity contribution in [2.75, 3.05) is 36.9 Å². The van der Waals surface area contributed by atoms with Gasteiger partial charge in [0.1, 0.15) is 40.5 Å². The zero-order valence-corrected chi connectivity index (χ0v) is 34.3. The van der Waals surface area contributed by atoms with Gasteiger partial charge in [-0.3, -0.25) is 44.0 Å². The summed E-state index contributed by atoms with van der Waals surface area (Å²) in [5.74, 6) is -1.38. The van der Waals surface area contributed by atoms with Gasteiger partial charge in [-0.05, 0) is 83.4 Å². The van der Waals surface area contributed by atoms with Gasteiger partial charge in [-0.25, -0.2) is 9.97 Å². The van der Waals surface area contributed by atoms with Crippen LogP contribution in [0.2, 0.25) is 0 Å². The highest BCUT2D eigenvalue weighted by atomic mass is 16.5. The van der Waals surface area contributed by atoms with E-state index in [1.165, 1.54) is 12.1 Å². The van der Waals surface area contributed by atoms with E-state index in [2.05, 4.69) is 26.1 Å². The van der Waals surface area contributed by atoms with E-state index in [0.29, 0.717) is 95.2 Å². The van der Waals surface area contributed by atoms with E-state index >= 15 is 0 Å². The molecule has 5 amide bonds. The number of rotatable bonds is 18. The number of hydrogen-bond donors (Lipinski definition) is 6. The number of nitrogens with one attached hydrogen (secondary N) is 3. The highest BCUT2D eigenvalue weighted by Gasteiger charge is 2.30. The van der Waals surface area contributed by atoms with Gasteiger partial charge in [-0.15, -0.1) is 0 Å². The summed E-state index contributed by atoms with van der Waals surface area (Å²) in [6.07, 6.45) is 1.37. The van der Waals surface area contributed by atoms with Crippen molar-refractivity contribution >= 4 is 63.5 Å². The number of carbonyl (C=O) groups excluding carboxylic acids is 5. The molecule has 0 fully saturated rings. The van der Waals surface area contributed by atoms with Crippen molar-refractivity contribution in [2.24, 2.45) is 17.2 Å². The minimum Gasteiger partial charge on any atom is -0.491 e. The van der Waals surface area contributed by atoms with Crippen LogP contribution in [0.25, 0.3) is 22.1 Å². The van der Waals surface area contributed by atoms with Gasteiger partial charge >= 0.3 is 0 Å². The van der Waals surface area contributed by atoms with Crippen molar-refractivity contribution in [3.8, 4) is 11.5 Å². The molecule has 6 aromatic rings. The number of aromatic nitrogens is 8. The lowest BCUT2D eigenvalue weighted by molar-refractivity contribution is -0.119. The number of carbonyl (C=O) groups is 5. The van der Waals surface area contributed by atoms with Crippen molar-refractivity contribution in [1.29, 1.82) is 0 Å². The molecule has 21 heteroatoms. The normalized spacial score (nSPS) is 13.3. The molecule has 1 aliphatic heterocycles. The smallest absolute Gasteiger partial charge is 0.276 e. The number of hydrogen-bond acceptors (Lipinski definition) is 12. The number of benzene rings is 2. The van der Waals surface area contributed by atoms with Crippen LogP contribution in [0.15, 0.2) is 36.4 Å². The number of nitrogens with zero attached hydrogens (tertiary/aromatic N) is 8.